The molecule has 0 saturated heterocycles. The molecule has 5 nitrogen and oxygen atoms in total. The lowest BCUT2D eigenvalue weighted by Crippen LogP contribution is -2.32. The van der Waals surface area contributed by atoms with Crippen LogP contribution in [0.4, 0.5) is 14.9 Å². The van der Waals surface area contributed by atoms with Gasteiger partial charge < -0.3 is 20.1 Å². The van der Waals surface area contributed by atoms with Crippen LogP contribution < -0.4 is 15.4 Å². The number of urea groups is 1. The van der Waals surface area contributed by atoms with Crippen molar-refractivity contribution in [1.29, 1.82) is 0 Å². The average molecular weight is 360 g/mol. The van der Waals surface area contributed by atoms with Gasteiger partial charge in [0.15, 0.2) is 0 Å². The minimum absolute atomic E-state index is 0.226. The second-order valence-electron chi connectivity index (χ2n) is 5.84. The molecule has 0 fully saturated rings. The van der Waals surface area contributed by atoms with Crippen LogP contribution in [0.2, 0.25) is 0 Å². The quantitative estimate of drug-likeness (QED) is 0.647. The number of carbonyl (C=O) groups is 1. The van der Waals surface area contributed by atoms with Crippen LogP contribution in [-0.2, 0) is 4.74 Å². The number of ether oxygens (including phenoxy) is 2. The summed E-state index contributed by atoms with van der Waals surface area (Å²) in [5.74, 6) is 0.435. The number of anilines is 1. The molecule has 0 bridgehead atoms. The fraction of sp³-hybridized carbons (Fsp3) is 0.350. The summed E-state index contributed by atoms with van der Waals surface area (Å²) in [7, 11) is 1.52. The molecule has 2 N–H and O–H groups in total. The molecule has 0 aliphatic carbocycles. The van der Waals surface area contributed by atoms with Crippen LogP contribution >= 0.6 is 0 Å². The number of unbranched alkanes of at least 4 members (excludes halogenated alkanes) is 1. The second-order valence-corrected chi connectivity index (χ2v) is 5.84. The molecule has 1 atom stereocenters. The van der Waals surface area contributed by atoms with E-state index in [9.17, 15) is 9.18 Å². The van der Waals surface area contributed by atoms with Gasteiger partial charge in [0.25, 0.3) is 0 Å². The molecule has 26 heavy (non-hydrogen) atoms. The molecule has 2 aromatic rings. The maximum absolute atomic E-state index is 13.3. The zero-order chi connectivity index (χ0) is 18.8. The highest BCUT2D eigenvalue weighted by Gasteiger charge is 2.13. The summed E-state index contributed by atoms with van der Waals surface area (Å²) in [4.78, 5) is 12.0. The molecule has 6 heteroatoms. The Labute approximate surface area is 153 Å². The van der Waals surface area contributed by atoms with Crippen molar-refractivity contribution in [2.75, 3.05) is 25.6 Å². The molecule has 2 rings (SSSR count). The molecule has 0 aliphatic heterocycles. The molecular formula is C20H25FN2O3. The number of halogens is 1. The van der Waals surface area contributed by atoms with E-state index < -0.39 is 6.10 Å². The zero-order valence-corrected chi connectivity index (χ0v) is 15.1. The first-order valence-corrected chi connectivity index (χ1v) is 8.68. The van der Waals surface area contributed by atoms with E-state index in [-0.39, 0.29) is 18.4 Å². The number of hydrogen-bond acceptors (Lipinski definition) is 3. The van der Waals surface area contributed by atoms with Crippen molar-refractivity contribution in [3.8, 4) is 5.75 Å². The first-order valence-electron chi connectivity index (χ1n) is 8.68. The highest BCUT2D eigenvalue weighted by atomic mass is 19.1. The largest absolute Gasteiger partial charge is 0.494 e. The van der Waals surface area contributed by atoms with E-state index in [0.29, 0.717) is 17.9 Å². The smallest absolute Gasteiger partial charge is 0.319 e. The Balaban J connectivity index is 1.82. The lowest BCUT2D eigenvalue weighted by atomic mass is 10.1. The SMILES string of the molecule is CCCCOc1ccc(NC(=O)NCC(OC)c2cccc(F)c2)cc1. The van der Waals surface area contributed by atoms with Crippen molar-refractivity contribution in [3.05, 3.63) is 59.9 Å². The fourth-order valence-corrected chi connectivity index (χ4v) is 2.37. The molecule has 0 spiro atoms. The van der Waals surface area contributed by atoms with Crippen LogP contribution in [0.5, 0.6) is 5.75 Å². The standard InChI is InChI=1S/C20H25FN2O3/c1-3-4-12-26-18-10-8-17(9-11-18)23-20(24)22-14-19(25-2)15-6-5-7-16(21)13-15/h5-11,13,19H,3-4,12,14H2,1-2H3,(H2,22,23,24). The van der Waals surface area contributed by atoms with Crippen molar-refractivity contribution in [3.63, 3.8) is 0 Å². The Morgan fingerprint density at radius 2 is 1.96 bits per heavy atom. The molecule has 1 unspecified atom stereocenters. The predicted molar refractivity (Wildman–Crippen MR) is 100 cm³/mol. The fourth-order valence-electron chi connectivity index (χ4n) is 2.37. The summed E-state index contributed by atoms with van der Waals surface area (Å²) in [6, 6.07) is 13.0. The lowest BCUT2D eigenvalue weighted by molar-refractivity contribution is 0.104. The van der Waals surface area contributed by atoms with Crippen LogP contribution in [0.1, 0.15) is 31.4 Å². The molecule has 0 aliphatic rings. The summed E-state index contributed by atoms with van der Waals surface area (Å²) in [6.07, 6.45) is 1.66. The van der Waals surface area contributed by atoms with Crippen molar-refractivity contribution in [1.82, 2.24) is 5.32 Å². The number of carbonyl (C=O) groups excluding carboxylic acids is 1. The van der Waals surface area contributed by atoms with E-state index in [1.165, 1.54) is 19.2 Å². The summed E-state index contributed by atoms with van der Waals surface area (Å²) < 4.78 is 24.2. The Morgan fingerprint density at radius 3 is 2.62 bits per heavy atom. The average Bonchev–Trinajstić information content (AvgIpc) is 2.64. The van der Waals surface area contributed by atoms with Crippen molar-refractivity contribution in [2.45, 2.75) is 25.9 Å². The lowest BCUT2D eigenvalue weighted by Gasteiger charge is -2.17. The van der Waals surface area contributed by atoms with Crippen LogP contribution in [-0.4, -0.2) is 26.3 Å². The molecule has 0 saturated carbocycles. The third-order valence-corrected chi connectivity index (χ3v) is 3.83. The molecule has 0 radical (unpaired) electrons. The van der Waals surface area contributed by atoms with Gasteiger partial charge in [-0.05, 0) is 48.4 Å². The molecule has 140 valence electrons. The Kier molecular flexibility index (Phi) is 7.89. The topological polar surface area (TPSA) is 59.6 Å². The number of benzene rings is 2. The van der Waals surface area contributed by atoms with Crippen molar-refractivity contribution < 1.29 is 18.7 Å². The van der Waals surface area contributed by atoms with Gasteiger partial charge in [0, 0.05) is 19.3 Å². The molecule has 2 amide bonds. The molecule has 0 aromatic heterocycles. The van der Waals surface area contributed by atoms with E-state index in [2.05, 4.69) is 17.6 Å². The third-order valence-electron chi connectivity index (χ3n) is 3.83. The van der Waals surface area contributed by atoms with Crippen LogP contribution in [0.3, 0.4) is 0 Å². The summed E-state index contributed by atoms with van der Waals surface area (Å²) >= 11 is 0. The number of methoxy groups -OCH3 is 1. The maximum atomic E-state index is 13.3. The van der Waals surface area contributed by atoms with Crippen molar-refractivity contribution >= 4 is 11.7 Å². The molecular weight excluding hydrogens is 335 g/mol. The van der Waals surface area contributed by atoms with E-state index in [1.54, 1.807) is 24.3 Å². The first-order chi connectivity index (χ1) is 12.6. The van der Waals surface area contributed by atoms with Gasteiger partial charge in [-0.3, -0.25) is 0 Å². The first kappa shape index (κ1) is 19.7. The van der Waals surface area contributed by atoms with E-state index >= 15 is 0 Å². The van der Waals surface area contributed by atoms with Gasteiger partial charge >= 0.3 is 6.03 Å². The van der Waals surface area contributed by atoms with Gasteiger partial charge in [-0.25, -0.2) is 9.18 Å². The highest BCUT2D eigenvalue weighted by Crippen LogP contribution is 2.18. The van der Waals surface area contributed by atoms with Gasteiger partial charge in [-0.1, -0.05) is 25.5 Å². The van der Waals surface area contributed by atoms with Crippen molar-refractivity contribution in [2.24, 2.45) is 0 Å². The minimum Gasteiger partial charge on any atom is -0.494 e. The molecule has 0 heterocycles. The van der Waals surface area contributed by atoms with Gasteiger partial charge in [0.2, 0.25) is 0 Å². The second kappa shape index (κ2) is 10.4. The summed E-state index contributed by atoms with van der Waals surface area (Å²) in [6.45, 7) is 3.02. The Bertz CT molecular complexity index is 692. The van der Waals surface area contributed by atoms with E-state index in [0.717, 1.165) is 18.6 Å². The van der Waals surface area contributed by atoms with Gasteiger partial charge in [0.1, 0.15) is 11.6 Å². The zero-order valence-electron chi connectivity index (χ0n) is 15.1. The van der Waals surface area contributed by atoms with E-state index in [1.807, 2.05) is 12.1 Å². The normalized spacial score (nSPS) is 11.7. The maximum Gasteiger partial charge on any atom is 0.319 e. The Hall–Kier alpha value is -2.60. The van der Waals surface area contributed by atoms with Crippen LogP contribution in [0, 0.1) is 5.82 Å². The summed E-state index contributed by atoms with van der Waals surface area (Å²) in [5.41, 5.74) is 1.33. The number of hydrogen-bond donors (Lipinski definition) is 2. The number of rotatable bonds is 9. The van der Waals surface area contributed by atoms with Crippen LogP contribution in [0.25, 0.3) is 0 Å². The number of amides is 2. The minimum atomic E-state index is -0.425. The monoisotopic (exact) mass is 360 g/mol. The molecule has 2 aromatic carbocycles. The summed E-state index contributed by atoms with van der Waals surface area (Å²) in [5, 5.41) is 5.47. The predicted octanol–water partition coefficient (Wildman–Crippen LogP) is 4.51. The third kappa shape index (κ3) is 6.37. The number of nitrogens with one attached hydrogen (secondary N) is 2. The van der Waals surface area contributed by atoms with Gasteiger partial charge in [-0.15, -0.1) is 0 Å². The van der Waals surface area contributed by atoms with Gasteiger partial charge in [-0.2, -0.15) is 0 Å². The highest BCUT2D eigenvalue weighted by molar-refractivity contribution is 5.89. The van der Waals surface area contributed by atoms with Crippen LogP contribution in [0.15, 0.2) is 48.5 Å². The van der Waals surface area contributed by atoms with Gasteiger partial charge in [0.05, 0.1) is 12.7 Å². The van der Waals surface area contributed by atoms with E-state index in [4.69, 9.17) is 9.47 Å². The Morgan fingerprint density at radius 1 is 1.19 bits per heavy atom.